The molecule has 3 N–H and O–H groups in total. The predicted octanol–water partition coefficient (Wildman–Crippen LogP) is 1.04. The summed E-state index contributed by atoms with van der Waals surface area (Å²) in [6.45, 7) is 3.14. The van der Waals surface area contributed by atoms with E-state index in [1.165, 1.54) is 0 Å². The summed E-state index contributed by atoms with van der Waals surface area (Å²) in [6.07, 6.45) is 5.80. The molecular formula is C13H24N6O2. The topological polar surface area (TPSA) is 107 Å². The van der Waals surface area contributed by atoms with Crippen molar-refractivity contribution in [2.24, 2.45) is 5.92 Å². The van der Waals surface area contributed by atoms with E-state index in [1.807, 2.05) is 4.90 Å². The van der Waals surface area contributed by atoms with Crippen molar-refractivity contribution in [3.05, 3.63) is 5.82 Å². The lowest BCUT2D eigenvalue weighted by molar-refractivity contribution is -0.137. The number of hydrogen-bond donors (Lipinski definition) is 3. The van der Waals surface area contributed by atoms with Crippen molar-refractivity contribution in [3.8, 4) is 0 Å². The van der Waals surface area contributed by atoms with E-state index in [4.69, 9.17) is 5.21 Å². The number of aromatic nitrogens is 4. The minimum Gasteiger partial charge on any atom is -0.332 e. The van der Waals surface area contributed by atoms with Gasteiger partial charge in [0.15, 0.2) is 5.82 Å². The Hall–Kier alpha value is -1.54. The molecule has 1 saturated heterocycles. The lowest BCUT2D eigenvalue weighted by Crippen LogP contribution is -2.39. The Labute approximate surface area is 124 Å². The van der Waals surface area contributed by atoms with Crippen molar-refractivity contribution in [3.63, 3.8) is 0 Å². The second kappa shape index (κ2) is 8.04. The van der Waals surface area contributed by atoms with Gasteiger partial charge in [-0.25, -0.2) is 5.48 Å². The average molecular weight is 296 g/mol. The maximum absolute atomic E-state index is 12.7. The molecule has 8 heteroatoms. The Morgan fingerprint density at radius 2 is 2.43 bits per heavy atom. The number of nitrogens with one attached hydrogen (secondary N) is 2. The first-order valence-corrected chi connectivity index (χ1v) is 7.68. The number of carbonyl (C=O) groups excluding carboxylic acids is 1. The average Bonchev–Trinajstić information content (AvgIpc) is 3.16. The number of carbonyl (C=O) groups is 1. The third-order valence-electron chi connectivity index (χ3n) is 4.04. The van der Waals surface area contributed by atoms with Gasteiger partial charge in [0.2, 0.25) is 5.91 Å². The van der Waals surface area contributed by atoms with Gasteiger partial charge >= 0.3 is 0 Å². The van der Waals surface area contributed by atoms with E-state index in [0.29, 0.717) is 12.4 Å². The number of unbranched alkanes of at least 4 members (excludes halogenated alkanes) is 2. The van der Waals surface area contributed by atoms with E-state index in [9.17, 15) is 4.79 Å². The molecule has 0 bridgehead atoms. The summed E-state index contributed by atoms with van der Waals surface area (Å²) in [7, 11) is 0. The minimum atomic E-state index is -0.200. The SMILES string of the molecule is CCCCC[C@H](CNO)C(=O)N1CCC[C@H]1c1nn[nH]n1. The van der Waals surface area contributed by atoms with Gasteiger partial charge in [-0.2, -0.15) is 5.21 Å². The lowest BCUT2D eigenvalue weighted by atomic mass is 9.99. The first-order chi connectivity index (χ1) is 10.3. The molecule has 1 aromatic heterocycles. The van der Waals surface area contributed by atoms with E-state index in [-0.39, 0.29) is 24.4 Å². The normalized spacial score (nSPS) is 19.9. The summed E-state index contributed by atoms with van der Waals surface area (Å²) < 4.78 is 0. The Morgan fingerprint density at radius 1 is 1.57 bits per heavy atom. The van der Waals surface area contributed by atoms with Crippen LogP contribution in [0.5, 0.6) is 0 Å². The van der Waals surface area contributed by atoms with Gasteiger partial charge in [-0.1, -0.05) is 31.4 Å². The first kappa shape index (κ1) is 15.8. The van der Waals surface area contributed by atoms with Crippen LogP contribution in [0.1, 0.15) is 57.3 Å². The van der Waals surface area contributed by atoms with Crippen molar-refractivity contribution in [1.82, 2.24) is 31.0 Å². The molecule has 1 amide bonds. The molecule has 0 aliphatic carbocycles. The van der Waals surface area contributed by atoms with Crippen LogP contribution in [0.15, 0.2) is 0 Å². The van der Waals surface area contributed by atoms with Crippen LogP contribution in [0.3, 0.4) is 0 Å². The molecule has 2 heterocycles. The van der Waals surface area contributed by atoms with Crippen LogP contribution in [-0.2, 0) is 4.79 Å². The molecule has 0 saturated carbocycles. The minimum absolute atomic E-state index is 0.0694. The van der Waals surface area contributed by atoms with Crippen LogP contribution in [0.4, 0.5) is 0 Å². The summed E-state index contributed by atoms with van der Waals surface area (Å²) in [4.78, 5) is 14.6. The molecule has 2 rings (SSSR count). The summed E-state index contributed by atoms with van der Waals surface area (Å²) in [5.41, 5.74) is 2.15. The summed E-state index contributed by atoms with van der Waals surface area (Å²) in [5.74, 6) is 0.444. The molecule has 1 aromatic rings. The quantitative estimate of drug-likeness (QED) is 0.489. The zero-order valence-corrected chi connectivity index (χ0v) is 12.5. The van der Waals surface area contributed by atoms with E-state index in [2.05, 4.69) is 33.0 Å². The molecule has 21 heavy (non-hydrogen) atoms. The van der Waals surface area contributed by atoms with Crippen LogP contribution in [0.25, 0.3) is 0 Å². The van der Waals surface area contributed by atoms with Crippen LogP contribution < -0.4 is 5.48 Å². The Morgan fingerprint density at radius 3 is 3.10 bits per heavy atom. The maximum atomic E-state index is 12.7. The van der Waals surface area contributed by atoms with Crippen molar-refractivity contribution >= 4 is 5.91 Å². The summed E-state index contributed by atoms with van der Waals surface area (Å²) >= 11 is 0. The van der Waals surface area contributed by atoms with Gasteiger partial charge in [0.05, 0.1) is 12.0 Å². The van der Waals surface area contributed by atoms with Crippen LogP contribution >= 0.6 is 0 Å². The van der Waals surface area contributed by atoms with E-state index in [1.54, 1.807) is 0 Å². The van der Waals surface area contributed by atoms with Gasteiger partial charge in [-0.3, -0.25) is 4.79 Å². The molecule has 8 nitrogen and oxygen atoms in total. The van der Waals surface area contributed by atoms with Gasteiger partial charge in [-0.15, -0.1) is 10.2 Å². The fourth-order valence-corrected chi connectivity index (χ4v) is 2.91. The second-order valence-electron chi connectivity index (χ2n) is 5.51. The molecule has 1 aliphatic rings. The number of aromatic amines is 1. The highest BCUT2D eigenvalue weighted by atomic mass is 16.5. The Bertz CT molecular complexity index is 424. The number of rotatable bonds is 8. The van der Waals surface area contributed by atoms with Crippen LogP contribution in [0.2, 0.25) is 0 Å². The van der Waals surface area contributed by atoms with E-state index >= 15 is 0 Å². The molecule has 118 valence electrons. The van der Waals surface area contributed by atoms with E-state index < -0.39 is 0 Å². The molecule has 0 radical (unpaired) electrons. The molecule has 0 unspecified atom stereocenters. The lowest BCUT2D eigenvalue weighted by Gasteiger charge is -2.27. The van der Waals surface area contributed by atoms with Crippen LogP contribution in [-0.4, -0.2) is 49.7 Å². The number of H-pyrrole nitrogens is 1. The van der Waals surface area contributed by atoms with Crippen molar-refractivity contribution in [2.45, 2.75) is 51.5 Å². The van der Waals surface area contributed by atoms with E-state index in [0.717, 1.165) is 38.5 Å². The highest BCUT2D eigenvalue weighted by Crippen LogP contribution is 2.31. The number of likely N-dealkylation sites (tertiary alicyclic amines) is 1. The number of amides is 1. The molecule has 0 spiro atoms. The van der Waals surface area contributed by atoms with Gasteiger partial charge in [0.25, 0.3) is 0 Å². The maximum Gasteiger partial charge on any atom is 0.227 e. The fraction of sp³-hybridized carbons (Fsp3) is 0.846. The zero-order valence-electron chi connectivity index (χ0n) is 12.5. The number of hydroxylamine groups is 1. The Kier molecular flexibility index (Phi) is 6.06. The Balaban J connectivity index is 2.00. The molecule has 1 aliphatic heterocycles. The summed E-state index contributed by atoms with van der Waals surface area (Å²) in [5, 5.41) is 23.0. The monoisotopic (exact) mass is 296 g/mol. The standard InChI is InChI=1S/C13H24N6O2/c1-2-3-4-6-10(9-14-21)13(20)19-8-5-7-11(19)12-15-17-18-16-12/h10-11,14,21H,2-9H2,1H3,(H,15,16,17,18)/t10-,11+/m1/s1. The first-order valence-electron chi connectivity index (χ1n) is 7.68. The van der Waals surface area contributed by atoms with Gasteiger partial charge in [-0.05, 0) is 19.3 Å². The fourth-order valence-electron chi connectivity index (χ4n) is 2.91. The van der Waals surface area contributed by atoms with Crippen LogP contribution in [0, 0.1) is 5.92 Å². The highest BCUT2D eigenvalue weighted by Gasteiger charge is 2.35. The number of hydrogen-bond acceptors (Lipinski definition) is 6. The third kappa shape index (κ3) is 3.98. The molecular weight excluding hydrogens is 272 g/mol. The van der Waals surface area contributed by atoms with Crippen molar-refractivity contribution in [2.75, 3.05) is 13.1 Å². The smallest absolute Gasteiger partial charge is 0.227 e. The predicted molar refractivity (Wildman–Crippen MR) is 75.3 cm³/mol. The number of tetrazole rings is 1. The summed E-state index contributed by atoms with van der Waals surface area (Å²) in [6, 6.07) is -0.0939. The van der Waals surface area contributed by atoms with Crippen molar-refractivity contribution < 1.29 is 10.0 Å². The zero-order chi connectivity index (χ0) is 15.1. The third-order valence-corrected chi connectivity index (χ3v) is 4.04. The molecule has 2 atom stereocenters. The molecule has 0 aromatic carbocycles. The van der Waals surface area contributed by atoms with Gasteiger partial charge < -0.3 is 10.1 Å². The molecule has 1 fully saturated rings. The van der Waals surface area contributed by atoms with Crippen molar-refractivity contribution in [1.29, 1.82) is 0 Å². The van der Waals surface area contributed by atoms with Gasteiger partial charge in [0, 0.05) is 13.1 Å². The number of nitrogens with zero attached hydrogens (tertiary/aromatic N) is 4. The highest BCUT2D eigenvalue weighted by molar-refractivity contribution is 5.79. The second-order valence-corrected chi connectivity index (χ2v) is 5.51. The van der Waals surface area contributed by atoms with Gasteiger partial charge in [0.1, 0.15) is 0 Å². The largest absolute Gasteiger partial charge is 0.332 e.